The topological polar surface area (TPSA) is 67.9 Å². The van der Waals surface area contributed by atoms with Crippen molar-refractivity contribution in [3.05, 3.63) is 52.4 Å². The van der Waals surface area contributed by atoms with Gasteiger partial charge in [-0.05, 0) is 16.5 Å². The van der Waals surface area contributed by atoms with E-state index in [4.69, 9.17) is 16.3 Å². The van der Waals surface area contributed by atoms with Gasteiger partial charge < -0.3 is 9.72 Å². The molecule has 3 rings (SSSR count). The van der Waals surface area contributed by atoms with Gasteiger partial charge in [0.15, 0.2) is 0 Å². The number of ether oxygens (including phenoxy) is 1. The van der Waals surface area contributed by atoms with Gasteiger partial charge in [-0.3, -0.25) is 0 Å². The highest BCUT2D eigenvalue weighted by Gasteiger charge is 2.21. The molecule has 0 fully saturated rings. The number of pyridine rings is 1. The molecule has 0 aliphatic rings. The quantitative estimate of drug-likeness (QED) is 0.318. The normalized spacial score (nSPS) is 11.1. The third kappa shape index (κ3) is 4.86. The number of hydrogen-bond donors (Lipinski definition) is 1. The molecule has 0 atom stereocenters. The Kier molecular flexibility index (Phi) is 7.49. The van der Waals surface area contributed by atoms with Crippen LogP contribution in [0.3, 0.4) is 0 Å². The summed E-state index contributed by atoms with van der Waals surface area (Å²) in [4.78, 5) is 23.6. The first kappa shape index (κ1) is 22.2. The number of hydrogen-bond acceptors (Lipinski definition) is 5. The van der Waals surface area contributed by atoms with Crippen LogP contribution in [0.25, 0.3) is 11.0 Å². The summed E-state index contributed by atoms with van der Waals surface area (Å²) in [5.74, 6) is 0.188. The van der Waals surface area contributed by atoms with E-state index in [9.17, 15) is 4.79 Å². The number of fused-ring (bicyclic) bond motifs is 1. The van der Waals surface area contributed by atoms with Crippen LogP contribution in [0, 0.1) is 0 Å². The van der Waals surface area contributed by atoms with Crippen LogP contribution in [0.15, 0.2) is 35.6 Å². The average Bonchev–Trinajstić information content (AvgIpc) is 3.16. The zero-order valence-electron chi connectivity index (χ0n) is 17.1. The number of esters is 1. The minimum atomic E-state index is -0.547. The lowest BCUT2D eigenvalue weighted by Gasteiger charge is -2.19. The summed E-state index contributed by atoms with van der Waals surface area (Å²) in [6, 6.07) is 8.56. The number of nitrogens with zero attached hydrogens (tertiary/aromatic N) is 2. The fraction of sp³-hybridized carbons (Fsp3) is 0.381. The summed E-state index contributed by atoms with van der Waals surface area (Å²) >= 11 is 7.76. The highest BCUT2D eigenvalue weighted by atomic mass is 35.5. The Hall–Kier alpha value is -2.05. The first-order valence-corrected chi connectivity index (χ1v) is 10.5. The standard InChI is InChI=1S/C19H20ClN3O2S.C2H6/c1-19(2,3)12-7-5-11(6-8-12)9-26-17-15-14(21-10-22-15)13(16(20)23-17)18(24)25-4;1-2/h5-8,10H,9H2,1-4H3,(H,21,22);1-2H3. The van der Waals surface area contributed by atoms with Crippen molar-refractivity contribution in [1.82, 2.24) is 15.0 Å². The lowest BCUT2D eigenvalue weighted by Crippen LogP contribution is -2.10. The predicted molar refractivity (Wildman–Crippen MR) is 116 cm³/mol. The molecule has 0 bridgehead atoms. The van der Waals surface area contributed by atoms with Gasteiger partial charge in [0.2, 0.25) is 0 Å². The lowest BCUT2D eigenvalue weighted by atomic mass is 9.87. The van der Waals surface area contributed by atoms with E-state index in [2.05, 4.69) is 60.0 Å². The van der Waals surface area contributed by atoms with E-state index in [1.807, 2.05) is 13.8 Å². The summed E-state index contributed by atoms with van der Waals surface area (Å²) in [7, 11) is 1.31. The third-order valence-electron chi connectivity index (χ3n) is 4.08. The number of carbonyl (C=O) groups excluding carboxylic acids is 1. The molecule has 1 aromatic carbocycles. The summed E-state index contributed by atoms with van der Waals surface area (Å²) in [5.41, 5.74) is 3.96. The van der Waals surface area contributed by atoms with Crippen LogP contribution < -0.4 is 0 Å². The van der Waals surface area contributed by atoms with Crippen molar-refractivity contribution in [2.75, 3.05) is 7.11 Å². The summed E-state index contributed by atoms with van der Waals surface area (Å²) in [5, 5.41) is 0.803. The van der Waals surface area contributed by atoms with Gasteiger partial charge >= 0.3 is 5.97 Å². The molecule has 0 aliphatic carbocycles. The van der Waals surface area contributed by atoms with E-state index >= 15 is 0 Å². The van der Waals surface area contributed by atoms with Crippen molar-refractivity contribution >= 4 is 40.4 Å². The maximum Gasteiger partial charge on any atom is 0.343 e. The number of rotatable bonds is 4. The van der Waals surface area contributed by atoms with Gasteiger partial charge in [-0.15, -0.1) is 0 Å². The molecule has 28 heavy (non-hydrogen) atoms. The average molecular weight is 420 g/mol. The molecule has 0 unspecified atom stereocenters. The Labute approximate surface area is 175 Å². The van der Waals surface area contributed by atoms with E-state index in [-0.39, 0.29) is 16.1 Å². The number of carbonyl (C=O) groups is 1. The third-order valence-corrected chi connectivity index (χ3v) is 5.40. The molecule has 5 nitrogen and oxygen atoms in total. The van der Waals surface area contributed by atoms with E-state index in [1.54, 1.807) is 11.8 Å². The van der Waals surface area contributed by atoms with Gasteiger partial charge in [0, 0.05) is 5.75 Å². The number of methoxy groups -OCH3 is 1. The molecule has 150 valence electrons. The number of thioether (sulfide) groups is 1. The number of aromatic nitrogens is 3. The Morgan fingerprint density at radius 1 is 1.21 bits per heavy atom. The van der Waals surface area contributed by atoms with Crippen molar-refractivity contribution in [1.29, 1.82) is 0 Å². The minimum absolute atomic E-state index is 0.0991. The number of imidazole rings is 1. The van der Waals surface area contributed by atoms with Crippen molar-refractivity contribution in [2.24, 2.45) is 0 Å². The summed E-state index contributed by atoms with van der Waals surface area (Å²) in [6.07, 6.45) is 1.53. The molecular weight excluding hydrogens is 394 g/mol. The van der Waals surface area contributed by atoms with Gasteiger partial charge in [-0.25, -0.2) is 14.8 Å². The van der Waals surface area contributed by atoms with Crippen LogP contribution >= 0.6 is 23.4 Å². The Morgan fingerprint density at radius 3 is 2.43 bits per heavy atom. The molecule has 0 amide bonds. The summed E-state index contributed by atoms with van der Waals surface area (Å²) < 4.78 is 4.78. The first-order chi connectivity index (χ1) is 13.3. The lowest BCUT2D eigenvalue weighted by molar-refractivity contribution is 0.0602. The van der Waals surface area contributed by atoms with E-state index in [1.165, 1.54) is 24.6 Å². The summed E-state index contributed by atoms with van der Waals surface area (Å²) in [6.45, 7) is 10.6. The fourth-order valence-corrected chi connectivity index (χ4v) is 3.84. The minimum Gasteiger partial charge on any atom is -0.465 e. The monoisotopic (exact) mass is 419 g/mol. The number of aromatic amines is 1. The maximum atomic E-state index is 11.9. The zero-order valence-corrected chi connectivity index (χ0v) is 18.7. The van der Waals surface area contributed by atoms with Crippen LogP contribution in [0.2, 0.25) is 5.15 Å². The van der Waals surface area contributed by atoms with Gasteiger partial charge in [-0.2, -0.15) is 0 Å². The Morgan fingerprint density at radius 2 is 1.86 bits per heavy atom. The largest absolute Gasteiger partial charge is 0.465 e. The molecular formula is C21H26ClN3O2S. The molecule has 3 aromatic rings. The Balaban J connectivity index is 0.00000136. The smallest absolute Gasteiger partial charge is 0.343 e. The van der Waals surface area contributed by atoms with Crippen LogP contribution in [0.5, 0.6) is 0 Å². The number of H-pyrrole nitrogens is 1. The van der Waals surface area contributed by atoms with Gasteiger partial charge in [-0.1, -0.05) is 82.2 Å². The molecule has 0 saturated carbocycles. The SMILES string of the molecule is CC.COC(=O)c1c(Cl)nc(SCc2ccc(C(C)(C)C)cc2)c2[nH]cnc12. The van der Waals surface area contributed by atoms with Crippen LogP contribution in [0.4, 0.5) is 0 Å². The number of nitrogens with one attached hydrogen (secondary N) is 1. The van der Waals surface area contributed by atoms with Crippen molar-refractivity contribution in [2.45, 2.75) is 50.8 Å². The molecule has 0 radical (unpaired) electrons. The van der Waals surface area contributed by atoms with E-state index in [0.29, 0.717) is 16.1 Å². The second kappa shape index (κ2) is 9.43. The van der Waals surface area contributed by atoms with Gasteiger partial charge in [0.1, 0.15) is 21.3 Å². The zero-order chi connectivity index (χ0) is 20.9. The Bertz CT molecular complexity index is 947. The van der Waals surface area contributed by atoms with Crippen molar-refractivity contribution < 1.29 is 9.53 Å². The first-order valence-electron chi connectivity index (χ1n) is 9.14. The van der Waals surface area contributed by atoms with Gasteiger partial charge in [0.05, 0.1) is 19.0 Å². The van der Waals surface area contributed by atoms with E-state index < -0.39 is 5.97 Å². The molecule has 2 aromatic heterocycles. The molecule has 7 heteroatoms. The van der Waals surface area contributed by atoms with Crippen molar-refractivity contribution in [3.8, 4) is 0 Å². The molecule has 0 spiro atoms. The fourth-order valence-electron chi connectivity index (χ4n) is 2.59. The molecule has 1 N–H and O–H groups in total. The number of halogens is 1. The van der Waals surface area contributed by atoms with E-state index in [0.717, 1.165) is 5.75 Å². The van der Waals surface area contributed by atoms with Crippen LogP contribution in [-0.2, 0) is 15.9 Å². The highest BCUT2D eigenvalue weighted by molar-refractivity contribution is 7.98. The molecule has 0 aliphatic heterocycles. The highest BCUT2D eigenvalue weighted by Crippen LogP contribution is 2.32. The molecule has 2 heterocycles. The molecule has 0 saturated heterocycles. The number of benzene rings is 1. The van der Waals surface area contributed by atoms with Crippen molar-refractivity contribution in [3.63, 3.8) is 0 Å². The second-order valence-corrected chi connectivity index (χ2v) is 8.26. The van der Waals surface area contributed by atoms with Crippen LogP contribution in [0.1, 0.15) is 56.1 Å². The van der Waals surface area contributed by atoms with Gasteiger partial charge in [0.25, 0.3) is 0 Å². The second-order valence-electron chi connectivity index (χ2n) is 6.94. The van der Waals surface area contributed by atoms with Crippen LogP contribution in [-0.4, -0.2) is 28.0 Å². The maximum absolute atomic E-state index is 11.9. The predicted octanol–water partition coefficient (Wildman–Crippen LogP) is 6.01.